The fourth-order valence-corrected chi connectivity index (χ4v) is 4.82. The van der Waals surface area contributed by atoms with E-state index in [1.54, 1.807) is 75.4 Å². The molecule has 0 saturated carbocycles. The third kappa shape index (κ3) is 9.51. The summed E-state index contributed by atoms with van der Waals surface area (Å²) < 4.78 is 5.19. The maximum Gasteiger partial charge on any atom is 0.436 e. The maximum absolute atomic E-state index is 13.9. The summed E-state index contributed by atoms with van der Waals surface area (Å²) in [5.74, 6) is -1.97. The van der Waals surface area contributed by atoms with Crippen molar-refractivity contribution in [2.24, 2.45) is 16.6 Å². The number of ether oxygens (including phenoxy) is 1. The van der Waals surface area contributed by atoms with Crippen molar-refractivity contribution >= 4 is 41.5 Å². The number of nitrogens with two attached hydrogens (primary N) is 1. The van der Waals surface area contributed by atoms with Gasteiger partial charge in [-0.2, -0.15) is 4.99 Å². The Morgan fingerprint density at radius 3 is 2.02 bits per heavy atom. The molecule has 4 rings (SSSR count). The highest BCUT2D eigenvalue weighted by Gasteiger charge is 2.22. The molecule has 252 valence electrons. The van der Waals surface area contributed by atoms with E-state index < -0.39 is 23.6 Å². The molecule has 4 aromatic rings. The van der Waals surface area contributed by atoms with E-state index in [9.17, 15) is 24.3 Å². The molecular weight excluding hydrogens is 620 g/mol. The van der Waals surface area contributed by atoms with Crippen LogP contribution in [0.5, 0.6) is 0 Å². The first-order valence-corrected chi connectivity index (χ1v) is 15.7. The first-order chi connectivity index (χ1) is 23.1. The molecule has 0 fully saturated rings. The standard InChI is InChI=1S/C39H40N4O6/c1-7-24-8-10-25(11-9-24)27-14-18-30(31-19-15-28(21-33(31)37(46)47)35(44)41-22-23(2)3)32(20-27)36(45)42-29-16-12-26(13-17-29)34(40)43-38(48)49-39(4,5)6/h7-21,23H,1,22H2,2-6H3,(H,41,44)(H,42,45)(H,46,47)(H2,40,43,48). The summed E-state index contributed by atoms with van der Waals surface area (Å²) in [5, 5.41) is 15.9. The number of amides is 3. The summed E-state index contributed by atoms with van der Waals surface area (Å²) in [6.07, 6.45) is 0.910. The molecule has 0 atom stereocenters. The van der Waals surface area contributed by atoms with Crippen LogP contribution in [0.3, 0.4) is 0 Å². The van der Waals surface area contributed by atoms with Gasteiger partial charge in [0.05, 0.1) is 5.56 Å². The molecular formula is C39H40N4O6. The van der Waals surface area contributed by atoms with Crippen molar-refractivity contribution in [3.05, 3.63) is 119 Å². The Kier molecular flexibility index (Phi) is 11.1. The highest BCUT2D eigenvalue weighted by Crippen LogP contribution is 2.33. The first-order valence-electron chi connectivity index (χ1n) is 15.7. The SMILES string of the molecule is C=Cc1ccc(-c2ccc(-c3ccc(C(=O)NCC(C)C)cc3C(=O)O)c(C(=O)Nc3ccc(/C(N)=N/C(=O)OC(C)(C)C)cc3)c2)cc1. The molecule has 49 heavy (non-hydrogen) atoms. The molecule has 5 N–H and O–H groups in total. The zero-order chi connectivity index (χ0) is 35.9. The van der Waals surface area contributed by atoms with Crippen LogP contribution in [0.25, 0.3) is 28.3 Å². The van der Waals surface area contributed by atoms with Crippen LogP contribution in [-0.4, -0.2) is 47.0 Å². The highest BCUT2D eigenvalue weighted by atomic mass is 16.6. The second kappa shape index (κ2) is 15.2. The van der Waals surface area contributed by atoms with Gasteiger partial charge in [-0.15, -0.1) is 0 Å². The molecule has 10 nitrogen and oxygen atoms in total. The van der Waals surface area contributed by atoms with Gasteiger partial charge >= 0.3 is 12.1 Å². The fraction of sp³-hybridized carbons (Fsp3) is 0.205. The minimum Gasteiger partial charge on any atom is -0.478 e. The number of rotatable bonds is 10. The molecule has 3 amide bonds. The molecule has 0 radical (unpaired) electrons. The number of benzene rings is 4. The van der Waals surface area contributed by atoms with Crippen LogP contribution in [0.4, 0.5) is 10.5 Å². The van der Waals surface area contributed by atoms with Crippen molar-refractivity contribution in [3.8, 4) is 22.3 Å². The molecule has 0 spiro atoms. The van der Waals surface area contributed by atoms with Crippen LogP contribution in [-0.2, 0) is 4.74 Å². The van der Waals surface area contributed by atoms with Gasteiger partial charge < -0.3 is 26.2 Å². The van der Waals surface area contributed by atoms with Gasteiger partial charge in [0.15, 0.2) is 0 Å². The van der Waals surface area contributed by atoms with Crippen LogP contribution >= 0.6 is 0 Å². The minimum atomic E-state index is -1.25. The lowest BCUT2D eigenvalue weighted by molar-refractivity contribution is 0.0602. The molecule has 4 aromatic carbocycles. The molecule has 0 bridgehead atoms. The summed E-state index contributed by atoms with van der Waals surface area (Å²) in [7, 11) is 0. The minimum absolute atomic E-state index is 0.0490. The zero-order valence-electron chi connectivity index (χ0n) is 28.2. The second-order valence-electron chi connectivity index (χ2n) is 12.8. The van der Waals surface area contributed by atoms with E-state index in [1.165, 1.54) is 6.07 Å². The number of aromatic carboxylic acids is 1. The number of hydrogen-bond acceptors (Lipinski definition) is 5. The number of carboxylic acids is 1. The second-order valence-corrected chi connectivity index (χ2v) is 12.8. The van der Waals surface area contributed by atoms with Crippen molar-refractivity contribution in [3.63, 3.8) is 0 Å². The molecule has 0 unspecified atom stereocenters. The topological polar surface area (TPSA) is 160 Å². The molecule has 0 aromatic heterocycles. The van der Waals surface area contributed by atoms with Crippen molar-refractivity contribution in [1.82, 2.24) is 5.32 Å². The van der Waals surface area contributed by atoms with E-state index in [4.69, 9.17) is 10.5 Å². The fourth-order valence-electron chi connectivity index (χ4n) is 4.82. The number of hydrogen-bond donors (Lipinski definition) is 4. The largest absolute Gasteiger partial charge is 0.478 e. The van der Waals surface area contributed by atoms with Gasteiger partial charge in [-0.05, 0) is 97.0 Å². The Balaban J connectivity index is 1.72. The van der Waals surface area contributed by atoms with E-state index in [0.717, 1.165) is 16.7 Å². The predicted octanol–water partition coefficient (Wildman–Crippen LogP) is 7.64. The van der Waals surface area contributed by atoms with Gasteiger partial charge in [-0.1, -0.05) is 69.0 Å². The van der Waals surface area contributed by atoms with Gasteiger partial charge in [0, 0.05) is 28.9 Å². The van der Waals surface area contributed by atoms with E-state index in [-0.39, 0.29) is 39.9 Å². The Morgan fingerprint density at radius 1 is 0.837 bits per heavy atom. The molecule has 0 saturated heterocycles. The van der Waals surface area contributed by atoms with Crippen LogP contribution < -0.4 is 16.4 Å². The summed E-state index contributed by atoms with van der Waals surface area (Å²) in [6, 6.07) is 23.6. The van der Waals surface area contributed by atoms with E-state index in [2.05, 4.69) is 22.2 Å². The number of amidine groups is 1. The Bertz CT molecular complexity index is 1920. The number of anilines is 1. The van der Waals surface area contributed by atoms with E-state index in [0.29, 0.717) is 23.4 Å². The summed E-state index contributed by atoms with van der Waals surface area (Å²) >= 11 is 0. The Hall–Kier alpha value is -6.03. The summed E-state index contributed by atoms with van der Waals surface area (Å²) in [4.78, 5) is 55.1. The average molecular weight is 661 g/mol. The van der Waals surface area contributed by atoms with Crippen LogP contribution in [0.1, 0.15) is 76.8 Å². The zero-order valence-corrected chi connectivity index (χ0v) is 28.2. The summed E-state index contributed by atoms with van der Waals surface area (Å²) in [6.45, 7) is 13.3. The van der Waals surface area contributed by atoms with Crippen LogP contribution in [0, 0.1) is 5.92 Å². The van der Waals surface area contributed by atoms with Gasteiger partial charge in [0.1, 0.15) is 11.4 Å². The smallest absolute Gasteiger partial charge is 0.436 e. The van der Waals surface area contributed by atoms with E-state index >= 15 is 0 Å². The molecule has 0 heterocycles. The Morgan fingerprint density at radius 2 is 1.43 bits per heavy atom. The number of carboxylic acid groups (broad SMARTS) is 1. The lowest BCUT2D eigenvalue weighted by Gasteiger charge is -2.17. The lowest BCUT2D eigenvalue weighted by Crippen LogP contribution is -2.27. The van der Waals surface area contributed by atoms with Crippen molar-refractivity contribution in [2.45, 2.75) is 40.2 Å². The number of aliphatic imine (C=N–C) groups is 1. The van der Waals surface area contributed by atoms with Crippen LogP contribution in [0.2, 0.25) is 0 Å². The molecule has 0 aliphatic rings. The number of nitrogens with one attached hydrogen (secondary N) is 2. The number of carbonyl (C=O) groups is 4. The van der Waals surface area contributed by atoms with Crippen molar-refractivity contribution in [2.75, 3.05) is 11.9 Å². The third-order valence-electron chi connectivity index (χ3n) is 7.26. The van der Waals surface area contributed by atoms with Crippen molar-refractivity contribution in [1.29, 1.82) is 0 Å². The average Bonchev–Trinajstić information content (AvgIpc) is 3.06. The molecule has 0 aliphatic heterocycles. The summed E-state index contributed by atoms with van der Waals surface area (Å²) in [5.41, 5.74) is 9.56. The predicted molar refractivity (Wildman–Crippen MR) is 193 cm³/mol. The number of carbonyl (C=O) groups excluding carboxylic acids is 3. The molecule has 10 heteroatoms. The van der Waals surface area contributed by atoms with E-state index in [1.807, 2.05) is 44.2 Å². The first kappa shape index (κ1) is 35.8. The normalized spacial score (nSPS) is 11.5. The monoisotopic (exact) mass is 660 g/mol. The maximum atomic E-state index is 13.9. The van der Waals surface area contributed by atoms with Gasteiger partial charge in [-0.25, -0.2) is 9.59 Å². The number of nitrogens with zero attached hydrogens (tertiary/aromatic N) is 1. The Labute approximate surface area is 285 Å². The van der Waals surface area contributed by atoms with Crippen molar-refractivity contribution < 1.29 is 29.0 Å². The highest BCUT2D eigenvalue weighted by molar-refractivity contribution is 6.12. The van der Waals surface area contributed by atoms with Gasteiger partial charge in [0.2, 0.25) is 0 Å². The van der Waals surface area contributed by atoms with Crippen LogP contribution in [0.15, 0.2) is 96.5 Å². The van der Waals surface area contributed by atoms with Gasteiger partial charge in [0.25, 0.3) is 11.8 Å². The molecule has 0 aliphatic carbocycles. The quantitative estimate of drug-likeness (QED) is 0.100. The third-order valence-corrected chi connectivity index (χ3v) is 7.26. The van der Waals surface area contributed by atoms with Gasteiger partial charge in [-0.3, -0.25) is 9.59 Å². The lowest BCUT2D eigenvalue weighted by atomic mass is 9.90.